The second-order valence-electron chi connectivity index (χ2n) is 8.43. The van der Waals surface area contributed by atoms with Crippen LogP contribution in [0.1, 0.15) is 16.7 Å². The van der Waals surface area contributed by atoms with E-state index < -0.39 is 22.5 Å². The molecule has 11 heteroatoms. The van der Waals surface area contributed by atoms with Crippen molar-refractivity contribution in [1.29, 1.82) is 0 Å². The third-order valence-corrected chi connectivity index (χ3v) is 8.29. The minimum Gasteiger partial charge on any atom is -0.497 e. The van der Waals surface area contributed by atoms with Crippen molar-refractivity contribution in [2.75, 3.05) is 18.0 Å². The maximum absolute atomic E-state index is 13.6. The number of amides is 1. The highest BCUT2D eigenvalue weighted by atomic mass is 35.5. The molecule has 8 nitrogen and oxygen atoms in total. The monoisotopic (exact) mass is 570 g/mol. The minimum absolute atomic E-state index is 0.0458. The Hall–Kier alpha value is -3.66. The van der Waals surface area contributed by atoms with Gasteiger partial charge in [-0.2, -0.15) is 5.10 Å². The first-order valence-electron chi connectivity index (χ1n) is 11.4. The molecule has 1 amide bonds. The second-order valence-corrected chi connectivity index (χ2v) is 11.1. The molecule has 0 saturated heterocycles. The zero-order chi connectivity index (χ0) is 27.4. The number of nitrogens with one attached hydrogen (secondary N) is 1. The number of carbonyl (C=O) groups excluding carboxylic acids is 1. The predicted molar refractivity (Wildman–Crippen MR) is 151 cm³/mol. The number of hydrogen-bond acceptors (Lipinski definition) is 6. The maximum Gasteiger partial charge on any atom is 0.264 e. The fourth-order valence-electron chi connectivity index (χ4n) is 3.70. The van der Waals surface area contributed by atoms with Crippen LogP contribution in [0.5, 0.6) is 5.75 Å². The lowest BCUT2D eigenvalue weighted by Crippen LogP contribution is -2.40. The number of methoxy groups -OCH3 is 1. The Bertz CT molecular complexity index is 1640. The number of hydrogen-bond donors (Lipinski definition) is 1. The van der Waals surface area contributed by atoms with Gasteiger partial charge in [0.25, 0.3) is 15.9 Å². The van der Waals surface area contributed by atoms with Gasteiger partial charge in [0.05, 0.1) is 29.4 Å². The first-order valence-corrected chi connectivity index (χ1v) is 13.6. The fourth-order valence-corrected chi connectivity index (χ4v) is 5.54. The SMILES string of the molecule is COc1ccc2cc(/C=N\NC(=O)CN(c3cccc(Cl)c3C)S(=O)(=O)c3ccc(C)cc3)c(Cl)nc2c1. The largest absolute Gasteiger partial charge is 0.497 e. The molecule has 0 bridgehead atoms. The quantitative estimate of drug-likeness (QED) is 0.171. The lowest BCUT2D eigenvalue weighted by atomic mass is 10.1. The number of fused-ring (bicyclic) bond motifs is 1. The average molecular weight is 571 g/mol. The third kappa shape index (κ3) is 5.91. The van der Waals surface area contributed by atoms with Crippen molar-refractivity contribution < 1.29 is 17.9 Å². The van der Waals surface area contributed by atoms with E-state index >= 15 is 0 Å². The van der Waals surface area contributed by atoms with Gasteiger partial charge < -0.3 is 4.74 Å². The Morgan fingerprint density at radius 1 is 1.08 bits per heavy atom. The highest BCUT2D eigenvalue weighted by Crippen LogP contribution is 2.31. The van der Waals surface area contributed by atoms with E-state index in [1.807, 2.05) is 13.0 Å². The Balaban J connectivity index is 1.59. The van der Waals surface area contributed by atoms with Gasteiger partial charge in [-0.3, -0.25) is 9.10 Å². The van der Waals surface area contributed by atoms with E-state index in [0.717, 1.165) is 15.3 Å². The number of hydrazone groups is 1. The summed E-state index contributed by atoms with van der Waals surface area (Å²) in [5.74, 6) is -0.0132. The van der Waals surface area contributed by atoms with Crippen molar-refractivity contribution in [1.82, 2.24) is 10.4 Å². The zero-order valence-electron chi connectivity index (χ0n) is 20.8. The molecule has 1 N–H and O–H groups in total. The molecule has 4 aromatic rings. The number of halogens is 2. The highest BCUT2D eigenvalue weighted by Gasteiger charge is 2.28. The van der Waals surface area contributed by atoms with E-state index in [1.165, 1.54) is 18.3 Å². The number of benzene rings is 3. The predicted octanol–water partition coefficient (Wildman–Crippen LogP) is 5.51. The molecular weight excluding hydrogens is 547 g/mol. The number of rotatable bonds is 8. The third-order valence-electron chi connectivity index (χ3n) is 5.80. The molecule has 0 radical (unpaired) electrons. The van der Waals surface area contributed by atoms with Crippen LogP contribution >= 0.6 is 23.2 Å². The van der Waals surface area contributed by atoms with E-state index in [2.05, 4.69) is 15.5 Å². The molecular formula is C27H24Cl2N4O4S. The number of ether oxygens (including phenoxy) is 1. The molecule has 0 aliphatic rings. The van der Waals surface area contributed by atoms with Gasteiger partial charge in [0.2, 0.25) is 0 Å². The lowest BCUT2D eigenvalue weighted by Gasteiger charge is -2.25. The first-order chi connectivity index (χ1) is 18.1. The Morgan fingerprint density at radius 2 is 1.82 bits per heavy atom. The van der Waals surface area contributed by atoms with E-state index in [9.17, 15) is 13.2 Å². The van der Waals surface area contributed by atoms with Crippen molar-refractivity contribution in [3.63, 3.8) is 0 Å². The van der Waals surface area contributed by atoms with Crippen molar-refractivity contribution in [2.45, 2.75) is 18.7 Å². The van der Waals surface area contributed by atoms with Crippen LogP contribution in [0.4, 0.5) is 5.69 Å². The van der Waals surface area contributed by atoms with E-state index in [4.69, 9.17) is 27.9 Å². The molecule has 0 aliphatic carbocycles. The molecule has 1 aromatic heterocycles. The molecule has 0 fully saturated rings. The van der Waals surface area contributed by atoms with E-state index in [1.54, 1.807) is 62.6 Å². The van der Waals surface area contributed by atoms with Crippen LogP contribution < -0.4 is 14.5 Å². The number of anilines is 1. The first kappa shape index (κ1) is 27.4. The second kappa shape index (κ2) is 11.4. The standard InChI is InChI=1S/C27H24Cl2N4O4S/c1-17-7-11-22(12-8-17)38(35,36)33(25-6-4-5-23(28)18(25)2)16-26(34)32-30-15-20-13-19-9-10-21(37-3)14-24(19)31-27(20)29/h4-15H,16H2,1-3H3,(H,32,34)/b30-15-. The molecule has 38 heavy (non-hydrogen) atoms. The normalized spacial score (nSPS) is 11.6. The van der Waals surface area contributed by atoms with Gasteiger partial charge in [-0.25, -0.2) is 18.8 Å². The molecule has 0 atom stereocenters. The summed E-state index contributed by atoms with van der Waals surface area (Å²) >= 11 is 12.6. The number of carbonyl (C=O) groups is 1. The van der Waals surface area contributed by atoms with Gasteiger partial charge >= 0.3 is 0 Å². The van der Waals surface area contributed by atoms with Gasteiger partial charge in [0.15, 0.2) is 0 Å². The Labute approximate surface area is 230 Å². The average Bonchev–Trinajstić information content (AvgIpc) is 2.89. The lowest BCUT2D eigenvalue weighted by molar-refractivity contribution is -0.119. The van der Waals surface area contributed by atoms with E-state index in [0.29, 0.717) is 27.4 Å². The van der Waals surface area contributed by atoms with Gasteiger partial charge in [-0.15, -0.1) is 0 Å². The van der Waals surface area contributed by atoms with Crippen LogP contribution in [0.3, 0.4) is 0 Å². The van der Waals surface area contributed by atoms with Crippen LogP contribution in [0.2, 0.25) is 10.2 Å². The summed E-state index contributed by atoms with van der Waals surface area (Å²) in [6.45, 7) is 3.02. The summed E-state index contributed by atoms with van der Waals surface area (Å²) < 4.78 is 33.4. The minimum atomic E-state index is -4.10. The summed E-state index contributed by atoms with van der Waals surface area (Å²) in [4.78, 5) is 17.3. The van der Waals surface area contributed by atoms with Gasteiger partial charge in [-0.05, 0) is 61.9 Å². The van der Waals surface area contributed by atoms with Crippen LogP contribution in [0, 0.1) is 13.8 Å². The molecule has 196 valence electrons. The van der Waals surface area contributed by atoms with Crippen molar-refractivity contribution in [2.24, 2.45) is 5.10 Å². The van der Waals surface area contributed by atoms with Crippen LogP contribution in [-0.4, -0.2) is 39.2 Å². The van der Waals surface area contributed by atoms with Crippen molar-refractivity contribution in [3.05, 3.63) is 93.6 Å². The maximum atomic E-state index is 13.6. The van der Waals surface area contributed by atoms with Crippen LogP contribution in [-0.2, 0) is 14.8 Å². The molecule has 4 rings (SSSR count). The summed E-state index contributed by atoms with van der Waals surface area (Å²) in [6, 6.07) is 18.4. The summed E-state index contributed by atoms with van der Waals surface area (Å²) in [7, 11) is -2.54. The van der Waals surface area contributed by atoms with Crippen LogP contribution in [0.25, 0.3) is 10.9 Å². The zero-order valence-corrected chi connectivity index (χ0v) is 23.1. The molecule has 0 aliphatic heterocycles. The number of nitrogens with zero attached hydrogens (tertiary/aromatic N) is 3. The van der Waals surface area contributed by atoms with Gasteiger partial charge in [0, 0.05) is 22.0 Å². The number of pyridine rings is 1. The molecule has 0 saturated carbocycles. The Kier molecular flexibility index (Phi) is 8.20. The molecule has 1 heterocycles. The number of aromatic nitrogens is 1. The number of sulfonamides is 1. The smallest absolute Gasteiger partial charge is 0.264 e. The summed E-state index contributed by atoms with van der Waals surface area (Å²) in [5, 5.41) is 5.33. The van der Waals surface area contributed by atoms with Gasteiger partial charge in [-0.1, -0.05) is 47.0 Å². The summed E-state index contributed by atoms with van der Waals surface area (Å²) in [5.41, 5.74) is 5.20. The number of aryl methyl sites for hydroxylation is 1. The molecule has 0 spiro atoms. The molecule has 0 unspecified atom stereocenters. The van der Waals surface area contributed by atoms with Crippen LogP contribution in [0.15, 0.2) is 76.7 Å². The Morgan fingerprint density at radius 3 is 2.53 bits per heavy atom. The fraction of sp³-hybridized carbons (Fsp3) is 0.148. The van der Waals surface area contributed by atoms with Gasteiger partial charge in [0.1, 0.15) is 17.4 Å². The van der Waals surface area contributed by atoms with Crippen molar-refractivity contribution in [3.8, 4) is 5.75 Å². The highest BCUT2D eigenvalue weighted by molar-refractivity contribution is 7.92. The van der Waals surface area contributed by atoms with Crippen molar-refractivity contribution >= 4 is 61.9 Å². The van der Waals surface area contributed by atoms with E-state index in [-0.39, 0.29) is 15.7 Å². The molecule has 3 aromatic carbocycles. The topological polar surface area (TPSA) is 101 Å². The summed E-state index contributed by atoms with van der Waals surface area (Å²) in [6.07, 6.45) is 1.35.